The number of alkyl halides is 6. The number of amides is 1. The van der Waals surface area contributed by atoms with Crippen molar-refractivity contribution in [3.8, 4) is 0 Å². The van der Waals surface area contributed by atoms with Gasteiger partial charge < -0.3 is 10.1 Å². The lowest BCUT2D eigenvalue weighted by molar-refractivity contribution is -0.196. The van der Waals surface area contributed by atoms with Crippen molar-refractivity contribution in [3.63, 3.8) is 0 Å². The van der Waals surface area contributed by atoms with Crippen LogP contribution in [0, 0.1) is 5.92 Å². The third-order valence-electron chi connectivity index (χ3n) is 2.59. The third-order valence-corrected chi connectivity index (χ3v) is 2.59. The molecule has 23 heavy (non-hydrogen) atoms. The molecule has 0 saturated heterocycles. The van der Waals surface area contributed by atoms with Gasteiger partial charge in [-0.25, -0.2) is 0 Å². The van der Waals surface area contributed by atoms with Gasteiger partial charge in [-0.05, 0) is 31.2 Å². The summed E-state index contributed by atoms with van der Waals surface area (Å²) in [5.74, 6) is -6.59. The number of anilines is 1. The predicted octanol–water partition coefficient (Wildman–Crippen LogP) is 3.39. The molecule has 0 aliphatic heterocycles. The van der Waals surface area contributed by atoms with Crippen LogP contribution in [0.1, 0.15) is 12.5 Å². The van der Waals surface area contributed by atoms with E-state index in [1.807, 2.05) is 0 Å². The van der Waals surface area contributed by atoms with Crippen LogP contribution in [0.3, 0.4) is 0 Å². The number of esters is 1. The molecule has 1 atom stereocenters. The minimum absolute atomic E-state index is 0.318. The first-order valence-electron chi connectivity index (χ1n) is 6.18. The molecular formula is C13H11F6NO3. The molecule has 0 heterocycles. The molecule has 1 aromatic carbocycles. The van der Waals surface area contributed by atoms with Crippen LogP contribution in [-0.4, -0.2) is 24.7 Å². The Kier molecular flexibility index (Phi) is 5.62. The summed E-state index contributed by atoms with van der Waals surface area (Å²) in [7, 11) is 0. The van der Waals surface area contributed by atoms with Crippen LogP contribution >= 0.6 is 0 Å². The van der Waals surface area contributed by atoms with Gasteiger partial charge in [0.25, 0.3) is 0 Å². The second-order valence-electron chi connectivity index (χ2n) is 4.29. The second-order valence-corrected chi connectivity index (χ2v) is 4.29. The Balaban J connectivity index is 2.93. The van der Waals surface area contributed by atoms with Gasteiger partial charge in [-0.2, -0.15) is 26.3 Å². The fourth-order valence-corrected chi connectivity index (χ4v) is 1.57. The van der Waals surface area contributed by atoms with Crippen LogP contribution in [0.4, 0.5) is 32.0 Å². The van der Waals surface area contributed by atoms with E-state index in [1.165, 1.54) is 6.92 Å². The van der Waals surface area contributed by atoms with E-state index < -0.39 is 35.7 Å². The van der Waals surface area contributed by atoms with Gasteiger partial charge in [-0.15, -0.1) is 0 Å². The molecule has 1 N–H and O–H groups in total. The molecule has 0 aliphatic carbocycles. The van der Waals surface area contributed by atoms with E-state index in [2.05, 4.69) is 4.74 Å². The van der Waals surface area contributed by atoms with E-state index >= 15 is 0 Å². The van der Waals surface area contributed by atoms with Crippen molar-refractivity contribution >= 4 is 17.6 Å². The van der Waals surface area contributed by atoms with Crippen molar-refractivity contribution in [2.24, 2.45) is 5.92 Å². The number of ether oxygens (including phenoxy) is 1. The first-order valence-corrected chi connectivity index (χ1v) is 6.18. The Morgan fingerprint density at radius 2 is 1.61 bits per heavy atom. The second kappa shape index (κ2) is 6.88. The van der Waals surface area contributed by atoms with Crippen LogP contribution in [-0.2, 0) is 20.5 Å². The van der Waals surface area contributed by atoms with Crippen molar-refractivity contribution in [2.45, 2.75) is 19.3 Å². The number of rotatable bonds is 4. The van der Waals surface area contributed by atoms with Crippen molar-refractivity contribution in [2.75, 3.05) is 11.9 Å². The summed E-state index contributed by atoms with van der Waals surface area (Å²) in [6.07, 6.45) is -9.82. The van der Waals surface area contributed by atoms with Crippen LogP contribution < -0.4 is 5.32 Å². The highest BCUT2D eigenvalue weighted by atomic mass is 19.4. The van der Waals surface area contributed by atoms with Gasteiger partial charge in [-0.3, -0.25) is 9.59 Å². The van der Waals surface area contributed by atoms with Crippen LogP contribution in [0.15, 0.2) is 24.3 Å². The lowest BCUT2D eigenvalue weighted by Gasteiger charge is -2.18. The highest BCUT2D eigenvalue weighted by Crippen LogP contribution is 2.31. The molecule has 0 spiro atoms. The molecule has 1 unspecified atom stereocenters. The van der Waals surface area contributed by atoms with Gasteiger partial charge in [0, 0.05) is 5.69 Å². The Morgan fingerprint density at radius 1 is 1.09 bits per heavy atom. The standard InChI is InChI=1S/C13H11F6NO3/c1-2-23-11(22)9(13(17,18)19)10(21)20-8-5-3-7(4-6-8)12(14,15)16/h3-6,9H,2H2,1H3,(H,20,21). The number of hydrogen-bond acceptors (Lipinski definition) is 3. The summed E-state index contributed by atoms with van der Waals surface area (Å²) in [5.41, 5.74) is -1.35. The zero-order valence-electron chi connectivity index (χ0n) is 11.6. The number of halogens is 6. The fraction of sp³-hybridized carbons (Fsp3) is 0.385. The number of carbonyl (C=O) groups excluding carboxylic acids is 2. The maximum absolute atomic E-state index is 12.8. The van der Waals surface area contributed by atoms with Gasteiger partial charge >= 0.3 is 18.3 Å². The quantitative estimate of drug-likeness (QED) is 0.518. The lowest BCUT2D eigenvalue weighted by atomic mass is 10.1. The SMILES string of the molecule is CCOC(=O)C(C(=O)Nc1ccc(C(F)(F)F)cc1)C(F)(F)F. The molecule has 0 bridgehead atoms. The minimum Gasteiger partial charge on any atom is -0.465 e. The van der Waals surface area contributed by atoms with E-state index in [9.17, 15) is 35.9 Å². The van der Waals surface area contributed by atoms with E-state index in [-0.39, 0.29) is 12.3 Å². The Bertz CT molecular complexity index is 565. The topological polar surface area (TPSA) is 55.4 Å². The number of benzene rings is 1. The zero-order valence-corrected chi connectivity index (χ0v) is 11.6. The molecule has 128 valence electrons. The molecule has 4 nitrogen and oxygen atoms in total. The maximum atomic E-state index is 12.8. The van der Waals surface area contributed by atoms with Crippen molar-refractivity contribution < 1.29 is 40.7 Å². The van der Waals surface area contributed by atoms with Crippen molar-refractivity contribution in [1.29, 1.82) is 0 Å². The fourth-order valence-electron chi connectivity index (χ4n) is 1.57. The molecule has 1 rings (SSSR count). The van der Waals surface area contributed by atoms with Gasteiger partial charge in [0.2, 0.25) is 11.8 Å². The van der Waals surface area contributed by atoms with E-state index in [1.54, 1.807) is 5.32 Å². The Hall–Kier alpha value is -2.26. The van der Waals surface area contributed by atoms with Crippen LogP contribution in [0.25, 0.3) is 0 Å². The highest BCUT2D eigenvalue weighted by molar-refractivity contribution is 6.05. The molecule has 10 heteroatoms. The van der Waals surface area contributed by atoms with E-state index in [0.717, 1.165) is 12.1 Å². The van der Waals surface area contributed by atoms with Crippen molar-refractivity contribution in [3.05, 3.63) is 29.8 Å². The molecule has 0 radical (unpaired) electrons. The molecule has 0 aromatic heterocycles. The Morgan fingerprint density at radius 3 is 2.00 bits per heavy atom. The molecule has 0 fully saturated rings. The number of nitrogens with one attached hydrogen (secondary N) is 1. The largest absolute Gasteiger partial charge is 0.465 e. The first-order chi connectivity index (χ1) is 10.5. The highest BCUT2D eigenvalue weighted by Gasteiger charge is 2.51. The average Bonchev–Trinajstić information content (AvgIpc) is 2.36. The number of hydrogen-bond donors (Lipinski definition) is 1. The smallest absolute Gasteiger partial charge is 0.416 e. The third kappa shape index (κ3) is 5.15. The molecule has 0 aliphatic rings. The maximum Gasteiger partial charge on any atom is 0.416 e. The molecule has 1 amide bonds. The van der Waals surface area contributed by atoms with Crippen molar-refractivity contribution in [1.82, 2.24) is 0 Å². The van der Waals surface area contributed by atoms with E-state index in [0.29, 0.717) is 12.1 Å². The molecular weight excluding hydrogens is 332 g/mol. The molecule has 1 aromatic rings. The summed E-state index contributed by atoms with van der Waals surface area (Å²) in [4.78, 5) is 22.9. The van der Waals surface area contributed by atoms with E-state index in [4.69, 9.17) is 0 Å². The summed E-state index contributed by atoms with van der Waals surface area (Å²) < 4.78 is 79.5. The van der Waals surface area contributed by atoms with Crippen LogP contribution in [0.2, 0.25) is 0 Å². The normalized spacial score (nSPS) is 13.3. The monoisotopic (exact) mass is 343 g/mol. The summed E-state index contributed by atoms with van der Waals surface area (Å²) in [6, 6.07) is 2.73. The zero-order chi connectivity index (χ0) is 17.8. The van der Waals surface area contributed by atoms with Gasteiger partial charge in [-0.1, -0.05) is 0 Å². The predicted molar refractivity (Wildman–Crippen MR) is 66.3 cm³/mol. The van der Waals surface area contributed by atoms with Crippen LogP contribution in [0.5, 0.6) is 0 Å². The first kappa shape index (κ1) is 18.8. The minimum atomic E-state index is -5.19. The average molecular weight is 343 g/mol. The Labute approximate surface area is 126 Å². The summed E-state index contributed by atoms with van der Waals surface area (Å²) >= 11 is 0. The van der Waals surface area contributed by atoms with Gasteiger partial charge in [0.15, 0.2) is 0 Å². The van der Waals surface area contributed by atoms with Gasteiger partial charge in [0.05, 0.1) is 12.2 Å². The molecule has 0 saturated carbocycles. The lowest BCUT2D eigenvalue weighted by Crippen LogP contribution is -2.41. The summed E-state index contributed by atoms with van der Waals surface area (Å²) in [6.45, 7) is 0.901. The number of carbonyl (C=O) groups is 2. The van der Waals surface area contributed by atoms with Gasteiger partial charge in [0.1, 0.15) is 0 Å². The summed E-state index contributed by atoms with van der Waals surface area (Å²) in [5, 5.41) is 1.74.